The molecule has 1 rings (SSSR count). The van der Waals surface area contributed by atoms with E-state index in [4.69, 9.17) is 16.2 Å². The van der Waals surface area contributed by atoms with Crippen molar-refractivity contribution in [3.8, 4) is 5.75 Å². The van der Waals surface area contributed by atoms with Crippen LogP contribution in [0.4, 0.5) is 0 Å². The molecule has 0 saturated heterocycles. The highest BCUT2D eigenvalue weighted by Crippen LogP contribution is 2.14. The van der Waals surface area contributed by atoms with Crippen molar-refractivity contribution in [2.24, 2.45) is 11.5 Å². The number of nitrogens with two attached hydrogens (primary N) is 2. The van der Waals surface area contributed by atoms with Crippen molar-refractivity contribution >= 4 is 24.8 Å². The average Bonchev–Trinajstić information content (AvgIpc) is 2.28. The van der Waals surface area contributed by atoms with E-state index in [0.29, 0.717) is 6.54 Å². The maximum atomic E-state index is 5.57. The van der Waals surface area contributed by atoms with Crippen LogP contribution in [0.3, 0.4) is 0 Å². The van der Waals surface area contributed by atoms with Crippen LogP contribution in [0.2, 0.25) is 0 Å². The number of hydrogen-bond donors (Lipinski definition) is 2. The van der Waals surface area contributed by atoms with Gasteiger partial charge < -0.3 is 16.2 Å². The van der Waals surface area contributed by atoms with Crippen LogP contribution in [0.25, 0.3) is 0 Å². The number of rotatable bonds is 6. The molecule has 0 saturated carbocycles. The first kappa shape index (κ1) is 18.9. The van der Waals surface area contributed by atoms with Gasteiger partial charge in [-0.15, -0.1) is 24.8 Å². The molecule has 0 radical (unpaired) electrons. The predicted molar refractivity (Wildman–Crippen MR) is 77.5 cm³/mol. The summed E-state index contributed by atoms with van der Waals surface area (Å²) in [7, 11) is 0. The molecule has 0 spiro atoms. The summed E-state index contributed by atoms with van der Waals surface area (Å²) in [4.78, 5) is 0. The van der Waals surface area contributed by atoms with E-state index < -0.39 is 0 Å². The van der Waals surface area contributed by atoms with Crippen molar-refractivity contribution in [3.05, 3.63) is 29.8 Å². The van der Waals surface area contributed by atoms with Gasteiger partial charge in [-0.2, -0.15) is 0 Å². The van der Waals surface area contributed by atoms with E-state index in [2.05, 4.69) is 12.1 Å². The Kier molecular flexibility index (Phi) is 11.8. The molecule has 17 heavy (non-hydrogen) atoms. The van der Waals surface area contributed by atoms with Crippen LogP contribution in [-0.2, 0) is 6.42 Å². The van der Waals surface area contributed by atoms with Crippen LogP contribution < -0.4 is 16.2 Å². The molecule has 5 heteroatoms. The molecule has 1 atom stereocenters. The number of halogens is 2. The van der Waals surface area contributed by atoms with Gasteiger partial charge in [-0.05, 0) is 44.0 Å². The normalized spacial score (nSPS) is 11.0. The highest BCUT2D eigenvalue weighted by Gasteiger charge is 2.00. The Morgan fingerprint density at radius 1 is 1.12 bits per heavy atom. The van der Waals surface area contributed by atoms with Gasteiger partial charge >= 0.3 is 0 Å². The number of aryl methyl sites for hydroxylation is 1. The summed E-state index contributed by atoms with van der Waals surface area (Å²) >= 11 is 0. The topological polar surface area (TPSA) is 61.3 Å². The largest absolute Gasteiger partial charge is 0.489 e. The van der Waals surface area contributed by atoms with Gasteiger partial charge in [0.25, 0.3) is 0 Å². The lowest BCUT2D eigenvalue weighted by atomic mass is 10.1. The third-order valence-electron chi connectivity index (χ3n) is 2.26. The van der Waals surface area contributed by atoms with Crippen molar-refractivity contribution in [1.82, 2.24) is 0 Å². The maximum absolute atomic E-state index is 5.57. The quantitative estimate of drug-likeness (QED) is 0.840. The van der Waals surface area contributed by atoms with Gasteiger partial charge in [0.2, 0.25) is 0 Å². The molecule has 0 aliphatic rings. The third-order valence-corrected chi connectivity index (χ3v) is 2.26. The highest BCUT2D eigenvalue weighted by molar-refractivity contribution is 5.85. The molecule has 0 aromatic heterocycles. The Hall–Kier alpha value is -0.480. The third kappa shape index (κ3) is 7.45. The molecule has 0 aliphatic heterocycles. The van der Waals surface area contributed by atoms with E-state index in [9.17, 15) is 0 Å². The van der Waals surface area contributed by atoms with Crippen LogP contribution >= 0.6 is 24.8 Å². The molecule has 0 bridgehead atoms. The maximum Gasteiger partial charge on any atom is 0.119 e. The molecule has 0 fully saturated rings. The molecule has 1 aromatic carbocycles. The molecule has 100 valence electrons. The van der Waals surface area contributed by atoms with Crippen molar-refractivity contribution in [1.29, 1.82) is 0 Å². The minimum absolute atomic E-state index is 0. The second-order valence-corrected chi connectivity index (χ2v) is 3.70. The van der Waals surface area contributed by atoms with Crippen LogP contribution in [0.15, 0.2) is 24.3 Å². The van der Waals surface area contributed by atoms with E-state index in [1.54, 1.807) is 0 Å². The van der Waals surface area contributed by atoms with Crippen molar-refractivity contribution in [2.75, 3.05) is 13.1 Å². The van der Waals surface area contributed by atoms with E-state index in [0.717, 1.165) is 25.1 Å². The van der Waals surface area contributed by atoms with Crippen molar-refractivity contribution in [2.45, 2.75) is 25.9 Å². The highest BCUT2D eigenvalue weighted by atomic mass is 35.5. The molecule has 1 unspecified atom stereocenters. The first-order valence-electron chi connectivity index (χ1n) is 5.42. The van der Waals surface area contributed by atoms with E-state index in [1.807, 2.05) is 19.1 Å². The Labute approximate surface area is 116 Å². The zero-order chi connectivity index (χ0) is 11.1. The summed E-state index contributed by atoms with van der Waals surface area (Å²) < 4.78 is 5.57. The molecular weight excluding hydrogens is 259 g/mol. The molecule has 0 aliphatic carbocycles. The summed E-state index contributed by atoms with van der Waals surface area (Å²) in [5, 5.41) is 0. The lowest BCUT2D eigenvalue weighted by Crippen LogP contribution is -2.22. The van der Waals surface area contributed by atoms with Gasteiger partial charge in [0.15, 0.2) is 0 Å². The summed E-state index contributed by atoms with van der Waals surface area (Å²) in [6.45, 7) is 3.24. The lowest BCUT2D eigenvalue weighted by Gasteiger charge is -2.12. The Bertz CT molecular complexity index is 280. The zero-order valence-electron chi connectivity index (χ0n) is 10.1. The van der Waals surface area contributed by atoms with Crippen LogP contribution in [-0.4, -0.2) is 19.2 Å². The van der Waals surface area contributed by atoms with Gasteiger partial charge in [0.1, 0.15) is 11.9 Å². The van der Waals surface area contributed by atoms with Crippen LogP contribution in [0.5, 0.6) is 5.75 Å². The van der Waals surface area contributed by atoms with Crippen molar-refractivity contribution < 1.29 is 4.74 Å². The summed E-state index contributed by atoms with van der Waals surface area (Å²) in [5.41, 5.74) is 12.2. The van der Waals surface area contributed by atoms with Gasteiger partial charge in [-0.1, -0.05) is 12.1 Å². The standard InChI is InChI=1S/C12H20N2O.2ClH/c1-10(9-14)15-12-6-4-11(5-7-12)3-2-8-13;;/h4-7,10H,2-3,8-9,13-14H2,1H3;2*1H. The second kappa shape index (κ2) is 10.7. The Balaban J connectivity index is 0. The fourth-order valence-corrected chi connectivity index (χ4v) is 1.32. The number of benzene rings is 1. The van der Waals surface area contributed by atoms with E-state index >= 15 is 0 Å². The molecule has 1 aromatic rings. The van der Waals surface area contributed by atoms with Crippen molar-refractivity contribution in [3.63, 3.8) is 0 Å². The molecule has 0 amide bonds. The molecular formula is C12H22Cl2N2O. The van der Waals surface area contributed by atoms with E-state index in [1.165, 1.54) is 5.56 Å². The van der Waals surface area contributed by atoms with Gasteiger partial charge in [0.05, 0.1) is 0 Å². The smallest absolute Gasteiger partial charge is 0.119 e. The van der Waals surface area contributed by atoms with E-state index in [-0.39, 0.29) is 30.9 Å². The summed E-state index contributed by atoms with van der Waals surface area (Å²) in [6, 6.07) is 8.12. The average molecular weight is 281 g/mol. The van der Waals surface area contributed by atoms with Crippen LogP contribution in [0.1, 0.15) is 18.9 Å². The summed E-state index contributed by atoms with van der Waals surface area (Å²) in [5.74, 6) is 0.879. The molecule has 0 heterocycles. The second-order valence-electron chi connectivity index (χ2n) is 3.70. The molecule has 4 N–H and O–H groups in total. The lowest BCUT2D eigenvalue weighted by molar-refractivity contribution is 0.230. The fourth-order valence-electron chi connectivity index (χ4n) is 1.32. The fraction of sp³-hybridized carbons (Fsp3) is 0.500. The number of hydrogen-bond acceptors (Lipinski definition) is 3. The Morgan fingerprint density at radius 3 is 2.18 bits per heavy atom. The van der Waals surface area contributed by atoms with Gasteiger partial charge in [0, 0.05) is 6.54 Å². The van der Waals surface area contributed by atoms with Crippen LogP contribution in [0, 0.1) is 0 Å². The minimum Gasteiger partial charge on any atom is -0.489 e. The van der Waals surface area contributed by atoms with Gasteiger partial charge in [-0.3, -0.25) is 0 Å². The molecule has 3 nitrogen and oxygen atoms in total. The first-order chi connectivity index (χ1) is 7.26. The Morgan fingerprint density at radius 2 is 1.71 bits per heavy atom. The minimum atomic E-state index is 0. The first-order valence-corrected chi connectivity index (χ1v) is 5.42. The zero-order valence-corrected chi connectivity index (χ0v) is 11.7. The SMILES string of the molecule is CC(CN)Oc1ccc(CCCN)cc1.Cl.Cl. The summed E-state index contributed by atoms with van der Waals surface area (Å²) in [6.07, 6.45) is 2.13. The number of ether oxygens (including phenoxy) is 1. The monoisotopic (exact) mass is 280 g/mol. The van der Waals surface area contributed by atoms with Gasteiger partial charge in [-0.25, -0.2) is 0 Å². The predicted octanol–water partition coefficient (Wildman–Crippen LogP) is 2.15.